The Balaban J connectivity index is 2.38. The van der Waals surface area contributed by atoms with Crippen LogP contribution in [0.5, 0.6) is 0 Å². The first-order valence-corrected chi connectivity index (χ1v) is 8.85. The first-order valence-electron chi connectivity index (χ1n) is 7.45. The average Bonchev–Trinajstić information content (AvgIpc) is 2.60. The van der Waals surface area contributed by atoms with E-state index >= 15 is 0 Å². The zero-order valence-electron chi connectivity index (χ0n) is 13.9. The lowest BCUT2D eigenvalue weighted by Crippen LogP contribution is -2.42. The number of benzene rings is 1. The van der Waals surface area contributed by atoms with Crippen LogP contribution in [-0.2, 0) is 16.6 Å². The molecule has 0 radical (unpaired) electrons. The van der Waals surface area contributed by atoms with E-state index in [0.717, 1.165) is 0 Å². The van der Waals surface area contributed by atoms with Gasteiger partial charge in [0, 0.05) is 24.0 Å². The number of amides is 1. The van der Waals surface area contributed by atoms with Gasteiger partial charge in [-0.25, -0.2) is 4.79 Å². The van der Waals surface area contributed by atoms with Crippen LogP contribution in [-0.4, -0.2) is 41.6 Å². The molecule has 0 aliphatic carbocycles. The van der Waals surface area contributed by atoms with Crippen molar-refractivity contribution in [1.82, 2.24) is 9.88 Å². The Kier molecular flexibility index (Phi) is 6.03. The predicted molar refractivity (Wildman–Crippen MR) is 95.5 cm³/mol. The van der Waals surface area contributed by atoms with Crippen LogP contribution in [0.15, 0.2) is 35.3 Å². The van der Waals surface area contributed by atoms with Gasteiger partial charge >= 0.3 is 5.97 Å². The molecule has 0 aliphatic rings. The van der Waals surface area contributed by atoms with Crippen LogP contribution in [0.2, 0.25) is 0 Å². The van der Waals surface area contributed by atoms with Crippen LogP contribution in [0.25, 0.3) is 10.8 Å². The summed E-state index contributed by atoms with van der Waals surface area (Å²) in [4.78, 5) is 36.7. The molecule has 1 aromatic heterocycles. The Morgan fingerprint density at radius 3 is 2.58 bits per heavy atom. The number of pyridine rings is 1. The van der Waals surface area contributed by atoms with Gasteiger partial charge in [-0.15, -0.1) is 0 Å². The van der Waals surface area contributed by atoms with Crippen molar-refractivity contribution in [1.29, 1.82) is 0 Å². The molecule has 0 unspecified atom stereocenters. The maximum Gasteiger partial charge on any atom is 0.328 e. The van der Waals surface area contributed by atoms with Gasteiger partial charge in [-0.1, -0.05) is 18.2 Å². The number of carbonyl (C=O) groups is 2. The highest BCUT2D eigenvalue weighted by molar-refractivity contribution is 7.98. The second-order valence-corrected chi connectivity index (χ2v) is 6.32. The predicted octanol–water partition coefficient (Wildman–Crippen LogP) is 1.56. The first-order chi connectivity index (χ1) is 11.5. The molecule has 0 bridgehead atoms. The summed E-state index contributed by atoms with van der Waals surface area (Å²) in [6, 6.07) is 6.21. The third-order valence-electron chi connectivity index (χ3n) is 3.74. The zero-order chi connectivity index (χ0) is 17.7. The lowest BCUT2D eigenvalue weighted by molar-refractivity contribution is -0.142. The number of methoxy groups -OCH3 is 1. The van der Waals surface area contributed by atoms with E-state index in [2.05, 4.69) is 5.32 Å². The molecule has 2 rings (SSSR count). The molecule has 0 spiro atoms. The van der Waals surface area contributed by atoms with E-state index in [1.165, 1.54) is 17.9 Å². The Labute approximate surface area is 144 Å². The number of esters is 1. The number of carbonyl (C=O) groups excluding carboxylic acids is 2. The van der Waals surface area contributed by atoms with Crippen LogP contribution in [0.1, 0.15) is 16.8 Å². The Morgan fingerprint density at radius 2 is 1.96 bits per heavy atom. The highest BCUT2D eigenvalue weighted by Gasteiger charge is 2.23. The standard InChI is InChI=1S/C17H20N2O4S/c1-19-10-13(11-6-4-5-7-12(11)16(19)21)15(20)18-14(8-9-24-3)17(22)23-2/h4-7,10,14H,8-9H2,1-3H3,(H,18,20)/t14-/m0/s1. The SMILES string of the molecule is COC(=O)[C@H](CCSC)NC(=O)c1cn(C)c(=O)c2ccccc12. The largest absolute Gasteiger partial charge is 0.467 e. The first kappa shape index (κ1) is 18.1. The number of aryl methyl sites for hydroxylation is 1. The van der Waals surface area contributed by atoms with Crippen molar-refractivity contribution in [2.75, 3.05) is 19.1 Å². The molecule has 1 aromatic carbocycles. The number of thioether (sulfide) groups is 1. The number of nitrogens with one attached hydrogen (secondary N) is 1. The molecule has 0 saturated carbocycles. The van der Waals surface area contributed by atoms with Crippen molar-refractivity contribution in [3.05, 3.63) is 46.4 Å². The molecule has 0 fully saturated rings. The minimum Gasteiger partial charge on any atom is -0.467 e. The Bertz CT molecular complexity index is 816. The van der Waals surface area contributed by atoms with Crippen LogP contribution in [0, 0.1) is 0 Å². The van der Waals surface area contributed by atoms with Gasteiger partial charge in [0.25, 0.3) is 11.5 Å². The molecule has 6 nitrogen and oxygen atoms in total. The summed E-state index contributed by atoms with van der Waals surface area (Å²) >= 11 is 1.58. The molecule has 24 heavy (non-hydrogen) atoms. The Hall–Kier alpha value is -2.28. The summed E-state index contributed by atoms with van der Waals surface area (Å²) < 4.78 is 6.13. The topological polar surface area (TPSA) is 77.4 Å². The quantitative estimate of drug-likeness (QED) is 0.802. The maximum atomic E-state index is 12.7. The van der Waals surface area contributed by atoms with Crippen molar-refractivity contribution >= 4 is 34.4 Å². The number of fused-ring (bicyclic) bond motifs is 1. The van der Waals surface area contributed by atoms with Crippen LogP contribution in [0.3, 0.4) is 0 Å². The lowest BCUT2D eigenvalue weighted by atomic mass is 10.1. The maximum absolute atomic E-state index is 12.7. The molecule has 7 heteroatoms. The molecule has 1 amide bonds. The molecule has 1 N–H and O–H groups in total. The van der Waals surface area contributed by atoms with Crippen molar-refractivity contribution < 1.29 is 14.3 Å². The third-order valence-corrected chi connectivity index (χ3v) is 4.38. The van der Waals surface area contributed by atoms with Crippen LogP contribution in [0.4, 0.5) is 0 Å². The van der Waals surface area contributed by atoms with Gasteiger partial charge in [0.2, 0.25) is 0 Å². The summed E-state index contributed by atoms with van der Waals surface area (Å²) in [5.74, 6) is -0.168. The van der Waals surface area contributed by atoms with Gasteiger partial charge in [-0.2, -0.15) is 11.8 Å². The highest BCUT2D eigenvalue weighted by atomic mass is 32.2. The normalized spacial score (nSPS) is 12.0. The summed E-state index contributed by atoms with van der Waals surface area (Å²) in [5.41, 5.74) is 0.180. The molecular weight excluding hydrogens is 328 g/mol. The van der Waals surface area contributed by atoms with E-state index in [4.69, 9.17) is 4.74 Å². The van der Waals surface area contributed by atoms with E-state index in [1.807, 2.05) is 6.26 Å². The van der Waals surface area contributed by atoms with Crippen molar-refractivity contribution in [2.45, 2.75) is 12.5 Å². The van der Waals surface area contributed by atoms with Gasteiger partial charge in [0.05, 0.1) is 12.7 Å². The van der Waals surface area contributed by atoms with Gasteiger partial charge < -0.3 is 14.6 Å². The van der Waals surface area contributed by atoms with Gasteiger partial charge in [0.1, 0.15) is 6.04 Å². The number of rotatable bonds is 6. The monoisotopic (exact) mass is 348 g/mol. The van der Waals surface area contributed by atoms with E-state index in [-0.39, 0.29) is 5.56 Å². The average molecular weight is 348 g/mol. The second kappa shape index (κ2) is 8.01. The Morgan fingerprint density at radius 1 is 1.29 bits per heavy atom. The molecule has 2 aromatic rings. The van der Waals surface area contributed by atoms with E-state index in [1.54, 1.807) is 43.1 Å². The third kappa shape index (κ3) is 3.79. The minimum atomic E-state index is -0.717. The number of hydrogen-bond acceptors (Lipinski definition) is 5. The smallest absolute Gasteiger partial charge is 0.328 e. The summed E-state index contributed by atoms with van der Waals surface area (Å²) in [6.45, 7) is 0. The number of ether oxygens (including phenoxy) is 1. The summed E-state index contributed by atoms with van der Waals surface area (Å²) in [5, 5.41) is 3.74. The van der Waals surface area contributed by atoms with Crippen LogP contribution >= 0.6 is 11.8 Å². The lowest BCUT2D eigenvalue weighted by Gasteiger charge is -2.17. The van der Waals surface area contributed by atoms with Gasteiger partial charge in [-0.05, 0) is 24.5 Å². The fraction of sp³-hybridized carbons (Fsp3) is 0.353. The molecule has 0 saturated heterocycles. The molecule has 0 aliphatic heterocycles. The number of hydrogen-bond donors (Lipinski definition) is 1. The van der Waals surface area contributed by atoms with Gasteiger partial charge in [-0.3, -0.25) is 9.59 Å². The molecule has 1 atom stereocenters. The highest BCUT2D eigenvalue weighted by Crippen LogP contribution is 2.15. The van der Waals surface area contributed by atoms with E-state index in [9.17, 15) is 14.4 Å². The van der Waals surface area contributed by atoms with E-state index in [0.29, 0.717) is 28.5 Å². The summed E-state index contributed by atoms with van der Waals surface area (Å²) in [6.07, 6.45) is 3.89. The molecule has 1 heterocycles. The van der Waals surface area contributed by atoms with Crippen molar-refractivity contribution in [3.63, 3.8) is 0 Å². The fourth-order valence-electron chi connectivity index (χ4n) is 2.46. The van der Waals surface area contributed by atoms with Crippen molar-refractivity contribution in [3.8, 4) is 0 Å². The van der Waals surface area contributed by atoms with E-state index < -0.39 is 17.9 Å². The second-order valence-electron chi connectivity index (χ2n) is 5.34. The number of nitrogens with zero attached hydrogens (tertiary/aromatic N) is 1. The molecular formula is C17H20N2O4S. The van der Waals surface area contributed by atoms with Crippen molar-refractivity contribution in [2.24, 2.45) is 7.05 Å². The molecule has 128 valence electrons. The fourth-order valence-corrected chi connectivity index (χ4v) is 2.93. The van der Waals surface area contributed by atoms with Gasteiger partial charge in [0.15, 0.2) is 0 Å². The minimum absolute atomic E-state index is 0.172. The zero-order valence-corrected chi connectivity index (χ0v) is 14.7. The van der Waals surface area contributed by atoms with Crippen LogP contribution < -0.4 is 10.9 Å². The number of aromatic nitrogens is 1. The summed E-state index contributed by atoms with van der Waals surface area (Å²) in [7, 11) is 2.89.